The number of hydrogen-bond acceptors (Lipinski definition) is 1. The fourth-order valence-electron chi connectivity index (χ4n) is 0.501. The Bertz CT molecular complexity index is 106. The fraction of sp³-hybridized carbons (Fsp3) is 0.375. The second-order valence-corrected chi connectivity index (χ2v) is 1.84. The third-order valence-corrected chi connectivity index (χ3v) is 1.12. The molecule has 0 aromatic heterocycles. The van der Waals surface area contributed by atoms with E-state index in [0.717, 1.165) is 12.7 Å². The molecule has 1 heteroatoms. The van der Waals surface area contributed by atoms with E-state index >= 15 is 0 Å². The van der Waals surface area contributed by atoms with Gasteiger partial charge < -0.3 is 4.79 Å². The number of aldehydes is 1. The minimum atomic E-state index is 0.00111. The van der Waals surface area contributed by atoms with Crippen molar-refractivity contribution in [1.82, 2.24) is 0 Å². The number of rotatable bonds is 4. The van der Waals surface area contributed by atoms with E-state index in [1.165, 1.54) is 0 Å². The molecule has 0 fully saturated rings. The van der Waals surface area contributed by atoms with Crippen molar-refractivity contribution in [3.8, 4) is 0 Å². The third-order valence-electron chi connectivity index (χ3n) is 1.12. The van der Waals surface area contributed by atoms with Crippen molar-refractivity contribution < 1.29 is 4.79 Å². The van der Waals surface area contributed by atoms with Crippen LogP contribution in [0.4, 0.5) is 0 Å². The Morgan fingerprint density at radius 2 is 2.33 bits per heavy atom. The highest BCUT2D eigenvalue weighted by molar-refractivity contribution is 5.56. The first-order chi connectivity index (χ1) is 4.35. The van der Waals surface area contributed by atoms with Crippen molar-refractivity contribution in [3.63, 3.8) is 0 Å². The van der Waals surface area contributed by atoms with Crippen molar-refractivity contribution in [3.05, 3.63) is 24.8 Å². The normalized spacial score (nSPS) is 13.4. The summed E-state index contributed by atoms with van der Waals surface area (Å²) in [5.74, 6) is 0.00111. The second-order valence-electron chi connectivity index (χ2n) is 1.84. The van der Waals surface area contributed by atoms with Gasteiger partial charge in [-0.05, 0) is 13.3 Å². The smallest absolute Gasteiger partial charge is 0.127 e. The zero-order chi connectivity index (χ0) is 7.11. The van der Waals surface area contributed by atoms with Crippen LogP contribution in [0.2, 0.25) is 0 Å². The molecule has 0 amide bonds. The molecular weight excluding hydrogens is 112 g/mol. The molecule has 0 heterocycles. The lowest BCUT2D eigenvalue weighted by Crippen LogP contribution is -1.93. The van der Waals surface area contributed by atoms with Crippen LogP contribution in [0, 0.1) is 5.92 Å². The Labute approximate surface area is 56.1 Å². The maximum absolute atomic E-state index is 10.1. The largest absolute Gasteiger partial charge is 0.303 e. The van der Waals surface area contributed by atoms with E-state index in [-0.39, 0.29) is 5.92 Å². The maximum atomic E-state index is 10.1. The molecule has 0 spiro atoms. The average Bonchev–Trinajstić information content (AvgIpc) is 1.91. The summed E-state index contributed by atoms with van der Waals surface area (Å²) in [7, 11) is 0. The first-order valence-electron chi connectivity index (χ1n) is 3.04. The van der Waals surface area contributed by atoms with E-state index < -0.39 is 0 Å². The van der Waals surface area contributed by atoms with Gasteiger partial charge in [-0.2, -0.15) is 0 Å². The quantitative estimate of drug-likeness (QED) is 0.413. The first kappa shape index (κ1) is 8.15. The molecule has 0 aliphatic heterocycles. The highest BCUT2D eigenvalue weighted by atomic mass is 16.1. The molecule has 0 radical (unpaired) electrons. The van der Waals surface area contributed by atoms with Crippen LogP contribution >= 0.6 is 0 Å². The van der Waals surface area contributed by atoms with Crippen molar-refractivity contribution in [2.45, 2.75) is 13.3 Å². The topological polar surface area (TPSA) is 17.1 Å². The van der Waals surface area contributed by atoms with Gasteiger partial charge in [0.25, 0.3) is 0 Å². The van der Waals surface area contributed by atoms with Gasteiger partial charge in [0.05, 0.1) is 0 Å². The molecule has 0 bridgehead atoms. The van der Waals surface area contributed by atoms with Crippen molar-refractivity contribution in [1.29, 1.82) is 0 Å². The standard InChI is InChI=1S/C8H12O/c1-3-5-6-8(4-2)7-9/h3-5,7-8H,2,6H2,1H3. The van der Waals surface area contributed by atoms with Gasteiger partial charge in [0.2, 0.25) is 0 Å². The summed E-state index contributed by atoms with van der Waals surface area (Å²) in [4.78, 5) is 10.1. The van der Waals surface area contributed by atoms with Crippen LogP contribution in [-0.2, 0) is 4.79 Å². The summed E-state index contributed by atoms with van der Waals surface area (Å²) >= 11 is 0. The molecule has 0 aliphatic rings. The molecule has 1 atom stereocenters. The van der Waals surface area contributed by atoms with Crippen LogP contribution in [0.25, 0.3) is 0 Å². The van der Waals surface area contributed by atoms with Gasteiger partial charge >= 0.3 is 0 Å². The summed E-state index contributed by atoms with van der Waals surface area (Å²) in [5.41, 5.74) is 0. The number of allylic oxidation sites excluding steroid dienone is 3. The molecule has 0 saturated heterocycles. The predicted molar refractivity (Wildman–Crippen MR) is 39.2 cm³/mol. The molecule has 9 heavy (non-hydrogen) atoms. The monoisotopic (exact) mass is 124 g/mol. The van der Waals surface area contributed by atoms with E-state index in [4.69, 9.17) is 0 Å². The highest BCUT2D eigenvalue weighted by Gasteiger charge is 1.95. The highest BCUT2D eigenvalue weighted by Crippen LogP contribution is 2.00. The lowest BCUT2D eigenvalue weighted by Gasteiger charge is -1.95. The zero-order valence-corrected chi connectivity index (χ0v) is 5.71. The van der Waals surface area contributed by atoms with Crippen LogP contribution in [0.5, 0.6) is 0 Å². The van der Waals surface area contributed by atoms with E-state index in [2.05, 4.69) is 6.58 Å². The first-order valence-corrected chi connectivity index (χ1v) is 3.04. The molecule has 0 rings (SSSR count). The van der Waals surface area contributed by atoms with Crippen molar-refractivity contribution in [2.24, 2.45) is 5.92 Å². The maximum Gasteiger partial charge on any atom is 0.127 e. The van der Waals surface area contributed by atoms with Crippen molar-refractivity contribution in [2.75, 3.05) is 0 Å². The van der Waals surface area contributed by atoms with Gasteiger partial charge in [0.1, 0.15) is 6.29 Å². The molecule has 1 nitrogen and oxygen atoms in total. The summed E-state index contributed by atoms with van der Waals surface area (Å²) in [5, 5.41) is 0. The number of carbonyl (C=O) groups excluding carboxylic acids is 1. The second kappa shape index (κ2) is 5.29. The van der Waals surface area contributed by atoms with Crippen LogP contribution in [0.1, 0.15) is 13.3 Å². The Kier molecular flexibility index (Phi) is 4.79. The van der Waals surface area contributed by atoms with Crippen LogP contribution in [-0.4, -0.2) is 6.29 Å². The van der Waals surface area contributed by atoms with Gasteiger partial charge in [-0.25, -0.2) is 0 Å². The lowest BCUT2D eigenvalue weighted by atomic mass is 10.1. The SMILES string of the molecule is C=CC(C=O)CC=CC. The molecule has 50 valence electrons. The van der Waals surface area contributed by atoms with E-state index in [1.807, 2.05) is 19.1 Å². The minimum absolute atomic E-state index is 0.00111. The molecular formula is C8H12O. The van der Waals surface area contributed by atoms with Crippen LogP contribution in [0.15, 0.2) is 24.8 Å². The van der Waals surface area contributed by atoms with Gasteiger partial charge in [0, 0.05) is 5.92 Å². The number of hydrogen-bond donors (Lipinski definition) is 0. The molecule has 0 aliphatic carbocycles. The Morgan fingerprint density at radius 3 is 2.67 bits per heavy atom. The van der Waals surface area contributed by atoms with Crippen LogP contribution < -0.4 is 0 Å². The summed E-state index contributed by atoms with van der Waals surface area (Å²) in [6, 6.07) is 0. The van der Waals surface area contributed by atoms with Gasteiger partial charge in [-0.15, -0.1) is 6.58 Å². The zero-order valence-electron chi connectivity index (χ0n) is 5.71. The van der Waals surface area contributed by atoms with Crippen molar-refractivity contribution >= 4 is 6.29 Å². The molecule has 0 aromatic rings. The van der Waals surface area contributed by atoms with E-state index in [0.29, 0.717) is 0 Å². The average molecular weight is 124 g/mol. The predicted octanol–water partition coefficient (Wildman–Crippen LogP) is 1.95. The molecule has 0 N–H and O–H groups in total. The summed E-state index contributed by atoms with van der Waals surface area (Å²) in [6.07, 6.45) is 7.24. The third kappa shape index (κ3) is 3.71. The van der Waals surface area contributed by atoms with Crippen LogP contribution in [0.3, 0.4) is 0 Å². The summed E-state index contributed by atoms with van der Waals surface area (Å²) in [6.45, 7) is 5.46. The van der Waals surface area contributed by atoms with E-state index in [1.54, 1.807) is 6.08 Å². The molecule has 1 unspecified atom stereocenters. The van der Waals surface area contributed by atoms with E-state index in [9.17, 15) is 4.79 Å². The number of carbonyl (C=O) groups is 1. The molecule has 0 saturated carbocycles. The van der Waals surface area contributed by atoms with Gasteiger partial charge in [-0.3, -0.25) is 0 Å². The Hall–Kier alpha value is -0.850. The Morgan fingerprint density at radius 1 is 1.67 bits per heavy atom. The van der Waals surface area contributed by atoms with Gasteiger partial charge in [-0.1, -0.05) is 18.2 Å². The Balaban J connectivity index is 3.55. The fourth-order valence-corrected chi connectivity index (χ4v) is 0.501. The minimum Gasteiger partial charge on any atom is -0.303 e. The van der Waals surface area contributed by atoms with Gasteiger partial charge in [0.15, 0.2) is 0 Å². The molecule has 0 aromatic carbocycles. The lowest BCUT2D eigenvalue weighted by molar-refractivity contribution is -0.109. The summed E-state index contributed by atoms with van der Waals surface area (Å²) < 4.78 is 0.